The van der Waals surface area contributed by atoms with Gasteiger partial charge in [0.25, 0.3) is 0 Å². The van der Waals surface area contributed by atoms with Crippen LogP contribution >= 0.6 is 0 Å². The van der Waals surface area contributed by atoms with Crippen molar-refractivity contribution in [1.29, 1.82) is 0 Å². The molecule has 1 N–H and O–H groups in total. The van der Waals surface area contributed by atoms with E-state index in [9.17, 15) is 4.79 Å². The van der Waals surface area contributed by atoms with Crippen LogP contribution in [0.1, 0.15) is 31.0 Å². The number of aryl methyl sites for hydroxylation is 1. The number of para-hydroxylation sites is 1. The zero-order chi connectivity index (χ0) is 18.0. The SMILES string of the molecule is CNC(=O)CN1CCN(c2c(C(C)C)c(C)nc3ccccc23)CC1. The van der Waals surface area contributed by atoms with Gasteiger partial charge in [0.05, 0.1) is 17.7 Å². The average Bonchev–Trinajstić information content (AvgIpc) is 2.61. The van der Waals surface area contributed by atoms with Crippen molar-refractivity contribution in [2.75, 3.05) is 44.7 Å². The lowest BCUT2D eigenvalue weighted by atomic mass is 9.95. The molecule has 0 atom stereocenters. The third-order valence-electron chi connectivity index (χ3n) is 5.00. The number of piperazine rings is 1. The maximum absolute atomic E-state index is 11.6. The Balaban J connectivity index is 1.93. The van der Waals surface area contributed by atoms with Gasteiger partial charge in [0, 0.05) is 44.3 Å². The Hall–Kier alpha value is -2.14. The molecule has 1 saturated heterocycles. The number of anilines is 1. The molecule has 5 nitrogen and oxygen atoms in total. The summed E-state index contributed by atoms with van der Waals surface area (Å²) in [6.45, 7) is 10.8. The van der Waals surface area contributed by atoms with Gasteiger partial charge in [-0.05, 0) is 24.5 Å². The maximum atomic E-state index is 11.6. The van der Waals surface area contributed by atoms with Gasteiger partial charge in [-0.1, -0.05) is 32.0 Å². The number of hydrogen-bond acceptors (Lipinski definition) is 4. The zero-order valence-electron chi connectivity index (χ0n) is 15.7. The van der Waals surface area contributed by atoms with Crippen LogP contribution in [0.2, 0.25) is 0 Å². The van der Waals surface area contributed by atoms with Crippen molar-refractivity contribution < 1.29 is 4.79 Å². The van der Waals surface area contributed by atoms with E-state index in [0.29, 0.717) is 12.5 Å². The minimum absolute atomic E-state index is 0.0847. The number of hydrogen-bond donors (Lipinski definition) is 1. The second kappa shape index (κ2) is 7.40. The summed E-state index contributed by atoms with van der Waals surface area (Å²) in [5.74, 6) is 0.512. The third kappa shape index (κ3) is 3.61. The fourth-order valence-electron chi connectivity index (χ4n) is 3.77. The molecule has 1 fully saturated rings. The number of fused-ring (bicyclic) bond motifs is 1. The molecule has 0 bridgehead atoms. The highest BCUT2D eigenvalue weighted by Crippen LogP contribution is 2.36. The molecule has 2 aromatic rings. The topological polar surface area (TPSA) is 48.5 Å². The van der Waals surface area contributed by atoms with E-state index in [4.69, 9.17) is 4.98 Å². The monoisotopic (exact) mass is 340 g/mol. The summed E-state index contributed by atoms with van der Waals surface area (Å²) in [7, 11) is 1.69. The quantitative estimate of drug-likeness (QED) is 0.929. The van der Waals surface area contributed by atoms with E-state index in [1.165, 1.54) is 16.6 Å². The molecule has 2 heterocycles. The van der Waals surface area contributed by atoms with Crippen LogP contribution in [-0.2, 0) is 4.79 Å². The summed E-state index contributed by atoms with van der Waals surface area (Å²) >= 11 is 0. The van der Waals surface area contributed by atoms with Gasteiger partial charge in [0.15, 0.2) is 0 Å². The van der Waals surface area contributed by atoms with Gasteiger partial charge in [0.2, 0.25) is 5.91 Å². The van der Waals surface area contributed by atoms with Crippen molar-refractivity contribution in [1.82, 2.24) is 15.2 Å². The number of benzene rings is 1. The highest BCUT2D eigenvalue weighted by molar-refractivity contribution is 5.94. The van der Waals surface area contributed by atoms with Gasteiger partial charge >= 0.3 is 0 Å². The number of likely N-dealkylation sites (N-methyl/N-ethyl adjacent to an activating group) is 1. The molecule has 134 valence electrons. The summed E-state index contributed by atoms with van der Waals surface area (Å²) in [5, 5.41) is 3.94. The number of aromatic nitrogens is 1. The van der Waals surface area contributed by atoms with Gasteiger partial charge in [0.1, 0.15) is 0 Å². The largest absolute Gasteiger partial charge is 0.368 e. The molecule has 1 aliphatic rings. The van der Waals surface area contributed by atoms with Gasteiger partial charge in [-0.15, -0.1) is 0 Å². The molecule has 0 unspecified atom stereocenters. The number of carbonyl (C=O) groups is 1. The van der Waals surface area contributed by atoms with Crippen LogP contribution in [0.3, 0.4) is 0 Å². The predicted molar refractivity (Wildman–Crippen MR) is 103 cm³/mol. The Morgan fingerprint density at radius 1 is 1.20 bits per heavy atom. The van der Waals surface area contributed by atoms with Crippen LogP contribution in [0.4, 0.5) is 5.69 Å². The fourth-order valence-corrected chi connectivity index (χ4v) is 3.77. The normalized spacial score (nSPS) is 15.8. The number of carbonyl (C=O) groups excluding carboxylic acids is 1. The van der Waals surface area contributed by atoms with Crippen molar-refractivity contribution in [3.8, 4) is 0 Å². The van der Waals surface area contributed by atoms with Gasteiger partial charge < -0.3 is 10.2 Å². The minimum atomic E-state index is 0.0847. The van der Waals surface area contributed by atoms with Crippen molar-refractivity contribution in [2.24, 2.45) is 0 Å². The van der Waals surface area contributed by atoms with E-state index in [1.54, 1.807) is 7.05 Å². The summed E-state index contributed by atoms with van der Waals surface area (Å²) in [6.07, 6.45) is 0. The van der Waals surface area contributed by atoms with E-state index in [-0.39, 0.29) is 5.91 Å². The lowest BCUT2D eigenvalue weighted by molar-refractivity contribution is -0.121. The molecule has 0 radical (unpaired) electrons. The van der Waals surface area contributed by atoms with E-state index < -0.39 is 0 Å². The van der Waals surface area contributed by atoms with Crippen molar-refractivity contribution in [2.45, 2.75) is 26.7 Å². The van der Waals surface area contributed by atoms with E-state index >= 15 is 0 Å². The molecular formula is C20H28N4O. The summed E-state index contributed by atoms with van der Waals surface area (Å²) in [6, 6.07) is 8.42. The molecule has 1 amide bonds. The van der Waals surface area contributed by atoms with Gasteiger partial charge in [-0.25, -0.2) is 0 Å². The standard InChI is InChI=1S/C20H28N4O/c1-14(2)19-15(3)22-17-8-6-5-7-16(17)20(19)24-11-9-23(10-12-24)13-18(25)21-4/h5-8,14H,9-13H2,1-4H3,(H,21,25). The molecule has 0 saturated carbocycles. The third-order valence-corrected chi connectivity index (χ3v) is 5.00. The first-order chi connectivity index (χ1) is 12.0. The predicted octanol–water partition coefficient (Wildman–Crippen LogP) is 2.53. The molecule has 1 aliphatic heterocycles. The molecular weight excluding hydrogens is 312 g/mol. The first-order valence-electron chi connectivity index (χ1n) is 9.08. The number of nitrogens with one attached hydrogen (secondary N) is 1. The highest BCUT2D eigenvalue weighted by Gasteiger charge is 2.24. The van der Waals surface area contributed by atoms with Crippen LogP contribution in [0.15, 0.2) is 24.3 Å². The van der Waals surface area contributed by atoms with Crippen LogP contribution in [-0.4, -0.2) is 55.6 Å². The first kappa shape index (κ1) is 17.7. The average molecular weight is 340 g/mol. The Bertz CT molecular complexity index is 764. The Morgan fingerprint density at radius 3 is 2.52 bits per heavy atom. The number of nitrogens with zero attached hydrogens (tertiary/aromatic N) is 3. The van der Waals surface area contributed by atoms with Crippen molar-refractivity contribution in [3.63, 3.8) is 0 Å². The van der Waals surface area contributed by atoms with Gasteiger partial charge in [-0.2, -0.15) is 0 Å². The van der Waals surface area contributed by atoms with Crippen molar-refractivity contribution in [3.05, 3.63) is 35.5 Å². The van der Waals surface area contributed by atoms with Crippen molar-refractivity contribution >= 4 is 22.5 Å². The number of rotatable bonds is 4. The van der Waals surface area contributed by atoms with E-state index in [1.807, 2.05) is 0 Å². The Labute approximate surface area is 150 Å². The molecule has 0 aliphatic carbocycles. The fraction of sp³-hybridized carbons (Fsp3) is 0.500. The molecule has 1 aromatic heterocycles. The van der Waals surface area contributed by atoms with Gasteiger partial charge in [-0.3, -0.25) is 14.7 Å². The maximum Gasteiger partial charge on any atom is 0.233 e. The highest BCUT2D eigenvalue weighted by atomic mass is 16.1. The second-order valence-corrected chi connectivity index (χ2v) is 7.07. The lowest BCUT2D eigenvalue weighted by Crippen LogP contribution is -2.49. The molecule has 3 rings (SSSR count). The molecule has 25 heavy (non-hydrogen) atoms. The second-order valence-electron chi connectivity index (χ2n) is 7.07. The number of pyridine rings is 1. The molecule has 1 aromatic carbocycles. The van der Waals surface area contributed by atoms with Crippen LogP contribution in [0.25, 0.3) is 10.9 Å². The summed E-state index contributed by atoms with van der Waals surface area (Å²) in [4.78, 5) is 21.1. The molecule has 5 heteroatoms. The first-order valence-corrected chi connectivity index (χ1v) is 9.08. The Kier molecular flexibility index (Phi) is 5.23. The lowest BCUT2D eigenvalue weighted by Gasteiger charge is -2.38. The minimum Gasteiger partial charge on any atom is -0.368 e. The summed E-state index contributed by atoms with van der Waals surface area (Å²) in [5.41, 5.74) is 4.86. The van der Waals surface area contributed by atoms with Crippen LogP contribution < -0.4 is 10.2 Å². The van der Waals surface area contributed by atoms with E-state index in [0.717, 1.165) is 37.4 Å². The Morgan fingerprint density at radius 2 is 1.88 bits per heavy atom. The smallest absolute Gasteiger partial charge is 0.233 e. The van der Waals surface area contributed by atoms with Crippen LogP contribution in [0, 0.1) is 6.92 Å². The zero-order valence-corrected chi connectivity index (χ0v) is 15.7. The summed E-state index contributed by atoms with van der Waals surface area (Å²) < 4.78 is 0. The molecule has 0 spiro atoms. The van der Waals surface area contributed by atoms with Crippen LogP contribution in [0.5, 0.6) is 0 Å². The number of amides is 1. The van der Waals surface area contributed by atoms with E-state index in [2.05, 4.69) is 60.2 Å².